The van der Waals surface area contributed by atoms with E-state index in [4.69, 9.17) is 19.4 Å². The second kappa shape index (κ2) is 18.0. The van der Waals surface area contributed by atoms with Gasteiger partial charge in [-0.3, -0.25) is 9.59 Å². The van der Waals surface area contributed by atoms with Crippen molar-refractivity contribution in [2.45, 2.75) is 96.8 Å². The maximum Gasteiger partial charge on any atom is 0.407 e. The van der Waals surface area contributed by atoms with E-state index in [1.807, 2.05) is 49.9 Å². The molecule has 1 spiro atoms. The number of carbonyl (C=O) groups is 5. The van der Waals surface area contributed by atoms with Gasteiger partial charge in [-0.05, 0) is 79.1 Å². The highest BCUT2D eigenvalue weighted by Crippen LogP contribution is 2.48. The number of allylic oxidation sites excluding steroid dienone is 8. The highest BCUT2D eigenvalue weighted by molar-refractivity contribution is 5.87. The molecule has 0 radical (unpaired) electrons. The predicted molar refractivity (Wildman–Crippen MR) is 227 cm³/mol. The Morgan fingerprint density at radius 2 is 1.18 bits per heavy atom. The molecule has 4 unspecified atom stereocenters. The summed E-state index contributed by atoms with van der Waals surface area (Å²) in [4.78, 5) is 86.3. The van der Waals surface area contributed by atoms with E-state index in [9.17, 15) is 24.0 Å². The third-order valence-corrected chi connectivity index (χ3v) is 12.9. The van der Waals surface area contributed by atoms with Crippen LogP contribution < -0.4 is 16.0 Å². The first-order valence-electron chi connectivity index (χ1n) is 21.4. The third kappa shape index (κ3) is 8.96. The van der Waals surface area contributed by atoms with Crippen LogP contribution >= 0.6 is 0 Å². The average molecular weight is 841 g/mol. The number of hydrogen-bond donors (Lipinski definition) is 5. The van der Waals surface area contributed by atoms with Crippen LogP contribution in [0, 0.1) is 17.3 Å². The molecule has 2 aromatic heterocycles. The molecule has 0 saturated carbocycles. The molecule has 3 saturated heterocycles. The largest absolute Gasteiger partial charge is 0.453 e. The van der Waals surface area contributed by atoms with Gasteiger partial charge in [-0.2, -0.15) is 0 Å². The molecule has 0 bridgehead atoms. The van der Waals surface area contributed by atoms with Crippen molar-refractivity contribution in [3.05, 3.63) is 70.9 Å². The van der Waals surface area contributed by atoms with Crippen LogP contribution in [-0.2, 0) is 19.1 Å². The summed E-state index contributed by atoms with van der Waals surface area (Å²) >= 11 is 0. The number of alkyl carbamates (subject to hydrolysis) is 2. The fraction of sp³-hybridized carbons (Fsp3) is 0.568. The molecule has 3 aliphatic heterocycles. The molecular formula is C44H60N10O7. The average Bonchev–Trinajstić information content (AvgIpc) is 4.09. The number of rotatable bonds is 11. The number of ether oxygens (including phenoxy) is 2. The summed E-state index contributed by atoms with van der Waals surface area (Å²) in [5.41, 5.74) is 6.47. The van der Waals surface area contributed by atoms with Crippen LogP contribution in [0.15, 0.2) is 47.8 Å². The monoisotopic (exact) mass is 840 g/mol. The van der Waals surface area contributed by atoms with Gasteiger partial charge in [-0.15, -0.1) is 0 Å². The van der Waals surface area contributed by atoms with Gasteiger partial charge in [-0.25, -0.2) is 24.4 Å². The molecule has 17 nitrogen and oxygen atoms in total. The number of methoxy groups -OCH3 is 2. The van der Waals surface area contributed by atoms with E-state index in [1.165, 1.54) is 25.4 Å². The Morgan fingerprint density at radius 3 is 1.64 bits per heavy atom. The number of aromatic amines is 2. The number of imidazole rings is 2. The first-order valence-corrected chi connectivity index (χ1v) is 21.4. The highest BCUT2D eigenvalue weighted by Gasteiger charge is 2.55. The molecule has 2 aromatic rings. The normalized spacial score (nSPS) is 21.9. The molecule has 6 amide bonds. The molecule has 5 N–H and O–H groups in total. The highest BCUT2D eigenvalue weighted by atomic mass is 16.5. The van der Waals surface area contributed by atoms with E-state index in [2.05, 4.69) is 50.2 Å². The van der Waals surface area contributed by atoms with Gasteiger partial charge in [0.05, 0.1) is 50.1 Å². The molecule has 0 aromatic carbocycles. The van der Waals surface area contributed by atoms with Crippen LogP contribution in [0.4, 0.5) is 14.4 Å². The van der Waals surface area contributed by atoms with Crippen LogP contribution in [0.25, 0.3) is 11.1 Å². The standard InChI is InChI=1S/C44H60N10O7/c1-25(2)35(50-42(58)60-6)39(55)53-18-8-9-33(53)37-46-20-31(48-37)29-14-10-27(11-15-29)28-12-16-30(17-13-28)32-21-47-38(49-32)34-19-44(22-52(23-44)41(57)45-5)24-54(34)40(56)36(26(3)4)51-43(59)61-7/h10,12,14,16,20-21,25-26,33-36H,8-9,11,13,15,17-19,22-24H2,1-7H3,(H,45,57)(H,46,48)(H,47,49)(H,50,58)(H,51,59). The number of nitrogens with one attached hydrogen (secondary N) is 5. The second-order valence-corrected chi connectivity index (χ2v) is 17.6. The molecule has 4 atom stereocenters. The second-order valence-electron chi connectivity index (χ2n) is 17.6. The summed E-state index contributed by atoms with van der Waals surface area (Å²) < 4.78 is 9.61. The van der Waals surface area contributed by atoms with Gasteiger partial charge >= 0.3 is 18.2 Å². The van der Waals surface area contributed by atoms with Crippen molar-refractivity contribution in [3.63, 3.8) is 0 Å². The summed E-state index contributed by atoms with van der Waals surface area (Å²) in [6, 6.07) is -2.14. The van der Waals surface area contributed by atoms with E-state index < -0.39 is 24.3 Å². The maximum atomic E-state index is 14.1. The van der Waals surface area contributed by atoms with Gasteiger partial charge in [0.25, 0.3) is 0 Å². The van der Waals surface area contributed by atoms with Crippen molar-refractivity contribution in [2.24, 2.45) is 17.3 Å². The van der Waals surface area contributed by atoms with Crippen molar-refractivity contribution >= 4 is 41.2 Å². The lowest BCUT2D eigenvalue weighted by molar-refractivity contribution is -0.136. The number of likely N-dealkylation sites (tertiary alicyclic amines) is 3. The Bertz CT molecular complexity index is 2140. The molecule has 5 aliphatic rings. The zero-order chi connectivity index (χ0) is 43.6. The minimum atomic E-state index is -0.779. The smallest absolute Gasteiger partial charge is 0.407 e. The summed E-state index contributed by atoms with van der Waals surface area (Å²) in [5.74, 6) is 0.827. The van der Waals surface area contributed by atoms with Crippen molar-refractivity contribution in [1.82, 2.24) is 50.6 Å². The maximum absolute atomic E-state index is 14.1. The Kier molecular flexibility index (Phi) is 12.8. The summed E-state index contributed by atoms with van der Waals surface area (Å²) in [6.07, 6.45) is 16.8. The molecule has 7 rings (SSSR count). The SMILES string of the molecule is CNC(=O)N1CC2(CC(c3ncc(C4=CC=C(C5=CC=C(c6cnc(C7CCCN7C(=O)C(NC(=O)OC)C(C)C)[nH]6)CC5)CC4)[nH]3)N(C(=O)C(NC(=O)OC)C(C)C)C2)C1. The fourth-order valence-electron chi connectivity index (χ4n) is 9.49. The minimum Gasteiger partial charge on any atom is -0.453 e. The molecule has 5 heterocycles. The number of urea groups is 1. The molecular weight excluding hydrogens is 781 g/mol. The molecule has 3 fully saturated rings. The van der Waals surface area contributed by atoms with Crippen LogP contribution in [0.5, 0.6) is 0 Å². The van der Waals surface area contributed by atoms with Gasteiger partial charge in [0.15, 0.2) is 0 Å². The zero-order valence-electron chi connectivity index (χ0n) is 36.3. The van der Waals surface area contributed by atoms with Crippen LogP contribution in [0.3, 0.4) is 0 Å². The van der Waals surface area contributed by atoms with Crippen LogP contribution in [0.1, 0.15) is 108 Å². The van der Waals surface area contributed by atoms with E-state index in [1.54, 1.807) is 11.9 Å². The molecule has 328 valence electrons. The molecule has 61 heavy (non-hydrogen) atoms. The van der Waals surface area contributed by atoms with Gasteiger partial charge in [0.1, 0.15) is 23.7 Å². The number of carbonyl (C=O) groups excluding carboxylic acids is 5. The Balaban J connectivity index is 1.03. The number of aromatic nitrogens is 4. The van der Waals surface area contributed by atoms with E-state index in [0.717, 1.165) is 66.9 Å². The van der Waals surface area contributed by atoms with Crippen molar-refractivity contribution in [3.8, 4) is 0 Å². The van der Waals surface area contributed by atoms with Gasteiger partial charge in [0, 0.05) is 38.6 Å². The van der Waals surface area contributed by atoms with Gasteiger partial charge in [-0.1, -0.05) is 52.0 Å². The first-order chi connectivity index (χ1) is 29.2. The van der Waals surface area contributed by atoms with Crippen molar-refractivity contribution in [2.75, 3.05) is 47.4 Å². The lowest BCUT2D eigenvalue weighted by atomic mass is 9.78. The lowest BCUT2D eigenvalue weighted by Gasteiger charge is -2.47. The number of amides is 6. The summed E-state index contributed by atoms with van der Waals surface area (Å²) in [7, 11) is 4.19. The van der Waals surface area contributed by atoms with Crippen LogP contribution in [0.2, 0.25) is 0 Å². The summed E-state index contributed by atoms with van der Waals surface area (Å²) in [5, 5.41) is 8.13. The third-order valence-electron chi connectivity index (χ3n) is 12.9. The first kappa shape index (κ1) is 43.2. The van der Waals surface area contributed by atoms with Crippen molar-refractivity contribution in [1.29, 1.82) is 0 Å². The summed E-state index contributed by atoms with van der Waals surface area (Å²) in [6.45, 7) is 9.71. The van der Waals surface area contributed by atoms with Crippen molar-refractivity contribution < 1.29 is 33.4 Å². The minimum absolute atomic E-state index is 0.103. The Labute approximate surface area is 356 Å². The number of hydrogen-bond acceptors (Lipinski definition) is 9. The fourth-order valence-corrected chi connectivity index (χ4v) is 9.49. The van der Waals surface area contributed by atoms with Gasteiger partial charge in [0.2, 0.25) is 11.8 Å². The molecule has 17 heteroatoms. The number of nitrogens with zero attached hydrogens (tertiary/aromatic N) is 5. The van der Waals surface area contributed by atoms with Gasteiger partial charge < -0.3 is 50.1 Å². The number of H-pyrrole nitrogens is 2. The Morgan fingerprint density at radius 1 is 0.705 bits per heavy atom. The lowest BCUT2D eigenvalue weighted by Crippen LogP contribution is -2.62. The zero-order valence-corrected chi connectivity index (χ0v) is 36.3. The Hall–Kier alpha value is -5.87. The van der Waals surface area contributed by atoms with E-state index in [-0.39, 0.29) is 47.2 Å². The topological polar surface area (TPSA) is 207 Å². The van der Waals surface area contributed by atoms with Crippen LogP contribution in [-0.4, -0.2) is 124 Å². The quantitative estimate of drug-likeness (QED) is 0.197. The van der Waals surface area contributed by atoms with E-state index >= 15 is 0 Å². The molecule has 2 aliphatic carbocycles. The van der Waals surface area contributed by atoms with E-state index in [0.29, 0.717) is 38.4 Å². The predicted octanol–water partition coefficient (Wildman–Crippen LogP) is 5.38.